The van der Waals surface area contributed by atoms with Crippen LogP contribution in [0.4, 0.5) is 19.0 Å². The van der Waals surface area contributed by atoms with Gasteiger partial charge in [0, 0.05) is 25.4 Å². The minimum absolute atomic E-state index is 0.183. The van der Waals surface area contributed by atoms with Gasteiger partial charge in [-0.15, -0.1) is 13.2 Å². The van der Waals surface area contributed by atoms with Gasteiger partial charge in [-0.3, -0.25) is 0 Å². The largest absolute Gasteiger partial charge is 0.573 e. The van der Waals surface area contributed by atoms with Crippen molar-refractivity contribution in [1.29, 1.82) is 0 Å². The number of nitrogens with zero attached hydrogens (tertiary/aromatic N) is 3. The normalized spacial score (nSPS) is 19.2. The van der Waals surface area contributed by atoms with E-state index in [0.717, 1.165) is 19.4 Å². The second-order valence-corrected chi connectivity index (χ2v) is 7.09. The van der Waals surface area contributed by atoms with E-state index in [9.17, 15) is 13.2 Å². The molecule has 0 fully saturated rings. The molecule has 0 saturated carbocycles. The Bertz CT molecular complexity index is 1050. The van der Waals surface area contributed by atoms with Gasteiger partial charge in [0.1, 0.15) is 11.6 Å². The summed E-state index contributed by atoms with van der Waals surface area (Å²) in [5, 5.41) is 7.58. The highest BCUT2D eigenvalue weighted by molar-refractivity contribution is 5.78. The fraction of sp³-hybridized carbons (Fsp3) is 0.333. The number of halogens is 3. The first-order chi connectivity index (χ1) is 14.4. The second kappa shape index (κ2) is 8.35. The van der Waals surface area contributed by atoms with Crippen molar-refractivity contribution in [2.24, 2.45) is 5.92 Å². The molecule has 2 atom stereocenters. The lowest BCUT2D eigenvalue weighted by Crippen LogP contribution is -2.20. The quantitative estimate of drug-likeness (QED) is 0.589. The summed E-state index contributed by atoms with van der Waals surface area (Å²) < 4.78 is 48.5. The average molecular weight is 418 g/mol. The summed E-state index contributed by atoms with van der Waals surface area (Å²) in [6.07, 6.45) is 5.02. The highest BCUT2D eigenvalue weighted by atomic mass is 19.4. The van der Waals surface area contributed by atoms with Gasteiger partial charge < -0.3 is 14.8 Å². The molecule has 0 unspecified atom stereocenters. The Hall–Kier alpha value is -3.07. The van der Waals surface area contributed by atoms with Crippen LogP contribution in [-0.4, -0.2) is 40.7 Å². The van der Waals surface area contributed by atoms with Gasteiger partial charge in [-0.05, 0) is 42.5 Å². The Balaban J connectivity index is 1.53. The molecule has 0 radical (unpaired) electrons. The first-order valence-corrected chi connectivity index (χ1v) is 9.57. The zero-order valence-corrected chi connectivity index (χ0v) is 16.3. The summed E-state index contributed by atoms with van der Waals surface area (Å²) in [5.74, 6) is 0.774. The number of nitrogens with one attached hydrogen (secondary N) is 1. The topological polar surface area (TPSA) is 60.7 Å². The minimum atomic E-state index is -4.74. The Morgan fingerprint density at radius 1 is 1.20 bits per heavy atom. The lowest BCUT2D eigenvalue weighted by Gasteiger charge is -2.22. The number of hydrogen-bond donors (Lipinski definition) is 1. The number of hydrogen-bond acceptors (Lipinski definition) is 5. The van der Waals surface area contributed by atoms with Gasteiger partial charge in [0.2, 0.25) is 0 Å². The summed E-state index contributed by atoms with van der Waals surface area (Å²) in [5.41, 5.74) is 1.70. The zero-order valence-electron chi connectivity index (χ0n) is 16.3. The van der Waals surface area contributed by atoms with E-state index in [2.05, 4.69) is 32.3 Å². The second-order valence-electron chi connectivity index (χ2n) is 7.09. The molecule has 30 heavy (non-hydrogen) atoms. The maximum atomic E-state index is 12.5. The predicted molar refractivity (Wildman–Crippen MR) is 106 cm³/mol. The van der Waals surface area contributed by atoms with Gasteiger partial charge in [0.15, 0.2) is 5.65 Å². The number of aromatic nitrogens is 3. The number of rotatable bonds is 6. The number of ether oxygens (including phenoxy) is 2. The summed E-state index contributed by atoms with van der Waals surface area (Å²) >= 11 is 0. The molecule has 3 aromatic rings. The van der Waals surface area contributed by atoms with Gasteiger partial charge in [0.25, 0.3) is 0 Å². The molecule has 0 spiro atoms. The first-order valence-electron chi connectivity index (χ1n) is 9.57. The first kappa shape index (κ1) is 20.2. The lowest BCUT2D eigenvalue weighted by molar-refractivity contribution is -0.274. The fourth-order valence-corrected chi connectivity index (χ4v) is 3.49. The number of fused-ring (bicyclic) bond motifs is 1. The standard InChI is InChI=1S/C21H21F3N4O2/c1-29-16-7-5-14(6-8-16)12-25-19-9-10-28-20(27-19)18(13-26-28)15-3-2-4-17(11-15)30-21(22,23)24/h2-5,7,9-11,13-14,16H,6,8,12H2,1H3,(H,25,27)/t14-,16-/m1/s1. The molecule has 4 rings (SSSR count). The van der Waals surface area contributed by atoms with Crippen LogP contribution in [0.15, 0.2) is 54.9 Å². The van der Waals surface area contributed by atoms with Crippen molar-refractivity contribution >= 4 is 11.5 Å². The van der Waals surface area contributed by atoms with Crippen LogP contribution < -0.4 is 10.1 Å². The number of benzene rings is 1. The lowest BCUT2D eigenvalue weighted by atomic mass is 9.94. The van der Waals surface area contributed by atoms with E-state index < -0.39 is 6.36 Å². The number of alkyl halides is 3. The molecule has 9 heteroatoms. The van der Waals surface area contributed by atoms with E-state index in [0.29, 0.717) is 28.5 Å². The maximum absolute atomic E-state index is 12.5. The van der Waals surface area contributed by atoms with Crippen molar-refractivity contribution in [3.05, 3.63) is 54.9 Å². The molecule has 0 bridgehead atoms. The minimum Gasteiger partial charge on any atom is -0.406 e. The van der Waals surface area contributed by atoms with Crippen molar-refractivity contribution in [2.45, 2.75) is 25.3 Å². The van der Waals surface area contributed by atoms with E-state index in [1.807, 2.05) is 6.07 Å². The third-order valence-electron chi connectivity index (χ3n) is 5.02. The fourth-order valence-electron chi connectivity index (χ4n) is 3.49. The molecular weight excluding hydrogens is 397 g/mol. The van der Waals surface area contributed by atoms with Gasteiger partial charge in [0.05, 0.1) is 12.3 Å². The van der Waals surface area contributed by atoms with Gasteiger partial charge >= 0.3 is 6.36 Å². The van der Waals surface area contributed by atoms with Crippen LogP contribution in [0, 0.1) is 5.92 Å². The molecule has 1 N–H and O–H groups in total. The zero-order chi connectivity index (χ0) is 21.1. The summed E-state index contributed by atoms with van der Waals surface area (Å²) in [7, 11) is 1.71. The van der Waals surface area contributed by atoms with E-state index in [1.165, 1.54) is 18.2 Å². The average Bonchev–Trinajstić information content (AvgIpc) is 3.15. The van der Waals surface area contributed by atoms with Gasteiger partial charge in [-0.25, -0.2) is 9.50 Å². The predicted octanol–water partition coefficient (Wildman–Crippen LogP) is 4.69. The molecule has 0 saturated heterocycles. The van der Waals surface area contributed by atoms with Crippen LogP contribution in [-0.2, 0) is 4.74 Å². The van der Waals surface area contributed by atoms with Crippen molar-refractivity contribution < 1.29 is 22.6 Å². The monoisotopic (exact) mass is 418 g/mol. The third kappa shape index (κ3) is 4.73. The molecule has 0 amide bonds. The number of methoxy groups -OCH3 is 1. The molecule has 2 aromatic heterocycles. The van der Waals surface area contributed by atoms with Crippen LogP contribution in [0.25, 0.3) is 16.8 Å². The van der Waals surface area contributed by atoms with Crippen LogP contribution in [0.3, 0.4) is 0 Å². The Morgan fingerprint density at radius 2 is 2.07 bits per heavy atom. The molecule has 6 nitrogen and oxygen atoms in total. The van der Waals surface area contributed by atoms with Gasteiger partial charge in [-0.2, -0.15) is 5.10 Å². The third-order valence-corrected chi connectivity index (χ3v) is 5.02. The van der Waals surface area contributed by atoms with Crippen LogP contribution >= 0.6 is 0 Å². The Labute approximate surface area is 171 Å². The van der Waals surface area contributed by atoms with Crippen molar-refractivity contribution in [3.63, 3.8) is 0 Å². The number of anilines is 1. The maximum Gasteiger partial charge on any atom is 0.573 e. The highest BCUT2D eigenvalue weighted by Crippen LogP contribution is 2.30. The molecule has 158 valence electrons. The van der Waals surface area contributed by atoms with E-state index in [4.69, 9.17) is 4.74 Å². The van der Waals surface area contributed by atoms with E-state index in [1.54, 1.807) is 30.1 Å². The molecule has 2 heterocycles. The van der Waals surface area contributed by atoms with E-state index in [-0.39, 0.29) is 11.9 Å². The van der Waals surface area contributed by atoms with Crippen molar-refractivity contribution in [3.8, 4) is 16.9 Å². The molecule has 1 aliphatic carbocycles. The Kier molecular flexibility index (Phi) is 5.63. The smallest absolute Gasteiger partial charge is 0.406 e. The van der Waals surface area contributed by atoms with Crippen LogP contribution in [0.1, 0.15) is 12.8 Å². The summed E-state index contributed by atoms with van der Waals surface area (Å²) in [6, 6.07) is 7.60. The molecular formula is C21H21F3N4O2. The summed E-state index contributed by atoms with van der Waals surface area (Å²) in [6.45, 7) is 0.731. The highest BCUT2D eigenvalue weighted by Gasteiger charge is 2.31. The van der Waals surface area contributed by atoms with Crippen LogP contribution in [0.5, 0.6) is 5.75 Å². The molecule has 0 aliphatic heterocycles. The molecule has 1 aromatic carbocycles. The molecule has 1 aliphatic rings. The van der Waals surface area contributed by atoms with Crippen molar-refractivity contribution in [1.82, 2.24) is 14.6 Å². The SMILES string of the molecule is CO[C@@H]1C=C[C@@H](CNc2ccn3ncc(-c4cccc(OC(F)(F)F)c4)c3n2)CC1. The Morgan fingerprint density at radius 3 is 2.80 bits per heavy atom. The van der Waals surface area contributed by atoms with Crippen LogP contribution in [0.2, 0.25) is 0 Å². The van der Waals surface area contributed by atoms with E-state index >= 15 is 0 Å². The summed E-state index contributed by atoms with van der Waals surface area (Å²) in [4.78, 5) is 4.61. The van der Waals surface area contributed by atoms with Crippen molar-refractivity contribution in [2.75, 3.05) is 19.0 Å². The van der Waals surface area contributed by atoms with Gasteiger partial charge in [-0.1, -0.05) is 24.3 Å².